The summed E-state index contributed by atoms with van der Waals surface area (Å²) in [6.45, 7) is 5.24. The van der Waals surface area contributed by atoms with Crippen LogP contribution in [0.1, 0.15) is 54.1 Å². The molecule has 0 amide bonds. The topological polar surface area (TPSA) is 71.8 Å². The van der Waals surface area contributed by atoms with E-state index in [1.54, 1.807) is 31.5 Å². The normalized spacial score (nSPS) is 18.0. The number of nitrogens with zero attached hydrogens (tertiary/aromatic N) is 3. The molecule has 2 unspecified atom stereocenters. The van der Waals surface area contributed by atoms with Crippen molar-refractivity contribution in [3.63, 3.8) is 0 Å². The fraction of sp³-hybridized carbons (Fsp3) is 0.435. The third-order valence-electron chi connectivity index (χ3n) is 6.14. The van der Waals surface area contributed by atoms with Gasteiger partial charge in [-0.1, -0.05) is 12.1 Å². The molecule has 0 aliphatic carbocycles. The molecule has 3 heterocycles. The monoisotopic (exact) mass is 445 g/mol. The molecule has 1 aliphatic heterocycles. The average Bonchev–Trinajstić information content (AvgIpc) is 2.77. The first-order chi connectivity index (χ1) is 15.2. The molecular weight excluding hydrogens is 419 g/mol. The molecule has 1 fully saturated rings. The summed E-state index contributed by atoms with van der Waals surface area (Å²) >= 11 is 0. The zero-order chi connectivity index (χ0) is 23.0. The molecular formula is C23H26F3N5O. The Hall–Kier alpha value is -2.94. The Morgan fingerprint density at radius 1 is 1.25 bits per heavy atom. The molecule has 0 saturated carbocycles. The van der Waals surface area contributed by atoms with Gasteiger partial charge in [0.1, 0.15) is 0 Å². The van der Waals surface area contributed by atoms with Crippen molar-refractivity contribution < 1.29 is 13.2 Å². The lowest BCUT2D eigenvalue weighted by molar-refractivity contribution is -0.137. The molecule has 6 nitrogen and oxygen atoms in total. The fourth-order valence-electron chi connectivity index (χ4n) is 4.39. The first-order valence-corrected chi connectivity index (χ1v) is 10.7. The maximum absolute atomic E-state index is 13.1. The number of piperidine rings is 1. The lowest BCUT2D eigenvalue weighted by Gasteiger charge is -2.24. The molecule has 3 aromatic rings. The van der Waals surface area contributed by atoms with E-state index in [0.29, 0.717) is 22.6 Å². The largest absolute Gasteiger partial charge is 0.416 e. The molecule has 4 rings (SSSR count). The number of halogens is 3. The second kappa shape index (κ2) is 8.54. The zero-order valence-corrected chi connectivity index (χ0v) is 18.3. The molecule has 170 valence electrons. The van der Waals surface area contributed by atoms with Crippen LogP contribution in [0.25, 0.3) is 10.9 Å². The van der Waals surface area contributed by atoms with E-state index in [1.807, 2.05) is 6.07 Å². The Morgan fingerprint density at radius 2 is 2.03 bits per heavy atom. The van der Waals surface area contributed by atoms with E-state index in [1.165, 1.54) is 6.07 Å². The Morgan fingerprint density at radius 3 is 2.72 bits per heavy atom. The molecule has 0 radical (unpaired) electrons. The van der Waals surface area contributed by atoms with Crippen LogP contribution in [0.15, 0.2) is 35.1 Å². The Kier molecular flexibility index (Phi) is 5.94. The molecule has 1 aliphatic rings. The third kappa shape index (κ3) is 4.21. The summed E-state index contributed by atoms with van der Waals surface area (Å²) in [4.78, 5) is 13.1. The van der Waals surface area contributed by atoms with Crippen LogP contribution in [0.5, 0.6) is 0 Å². The highest BCUT2D eigenvalue weighted by Gasteiger charge is 2.31. The lowest BCUT2D eigenvalue weighted by atomic mass is 9.91. The van der Waals surface area contributed by atoms with Crippen LogP contribution in [-0.4, -0.2) is 27.9 Å². The number of benzene rings is 1. The van der Waals surface area contributed by atoms with E-state index in [4.69, 9.17) is 0 Å². The maximum Gasteiger partial charge on any atom is 0.416 e. The van der Waals surface area contributed by atoms with Gasteiger partial charge in [-0.3, -0.25) is 4.79 Å². The molecule has 2 atom stereocenters. The van der Waals surface area contributed by atoms with Gasteiger partial charge in [-0.2, -0.15) is 18.3 Å². The summed E-state index contributed by atoms with van der Waals surface area (Å²) in [7, 11) is 1.72. The number of aryl methyl sites for hydroxylation is 2. The van der Waals surface area contributed by atoms with Crippen LogP contribution in [0.4, 0.5) is 19.0 Å². The van der Waals surface area contributed by atoms with E-state index in [0.717, 1.165) is 49.0 Å². The van der Waals surface area contributed by atoms with E-state index >= 15 is 0 Å². The van der Waals surface area contributed by atoms with Crippen molar-refractivity contribution in [3.05, 3.63) is 63.1 Å². The molecule has 2 aromatic heterocycles. The molecule has 1 aromatic carbocycles. The number of fused-ring (bicyclic) bond motifs is 1. The van der Waals surface area contributed by atoms with Crippen molar-refractivity contribution in [1.82, 2.24) is 20.1 Å². The standard InChI is InChI=1S/C23H26F3N5O/c1-13(15-6-4-8-17(10-15)23(24,25)26)28-21-19-11-18(16-7-5-9-27-12-16)22(32)31(3)20(19)14(2)29-30-21/h4,6,8,10-11,13,16,27H,5,7,9,12H2,1-3H3,(H,28,30). The molecule has 0 spiro atoms. The number of pyridine rings is 1. The summed E-state index contributed by atoms with van der Waals surface area (Å²) < 4.78 is 41.0. The first-order valence-electron chi connectivity index (χ1n) is 10.7. The first kappa shape index (κ1) is 22.3. The van der Waals surface area contributed by atoms with Crippen LogP contribution >= 0.6 is 0 Å². The quantitative estimate of drug-likeness (QED) is 0.627. The minimum atomic E-state index is -4.41. The minimum Gasteiger partial charge on any atom is -0.361 e. The molecule has 2 N–H and O–H groups in total. The Bertz CT molecular complexity index is 1200. The van der Waals surface area contributed by atoms with Gasteiger partial charge >= 0.3 is 6.18 Å². The van der Waals surface area contributed by atoms with Gasteiger partial charge < -0.3 is 15.2 Å². The van der Waals surface area contributed by atoms with Crippen LogP contribution in [0.2, 0.25) is 0 Å². The molecule has 32 heavy (non-hydrogen) atoms. The van der Waals surface area contributed by atoms with Gasteiger partial charge in [0.2, 0.25) is 0 Å². The van der Waals surface area contributed by atoms with Gasteiger partial charge in [-0.05, 0) is 57.0 Å². The second-order valence-electron chi connectivity index (χ2n) is 8.39. The van der Waals surface area contributed by atoms with Crippen LogP contribution in [0.3, 0.4) is 0 Å². The minimum absolute atomic E-state index is 0.0563. The summed E-state index contributed by atoms with van der Waals surface area (Å²) in [5.41, 5.74) is 1.73. The van der Waals surface area contributed by atoms with E-state index in [-0.39, 0.29) is 11.5 Å². The predicted molar refractivity (Wildman–Crippen MR) is 118 cm³/mol. The lowest BCUT2D eigenvalue weighted by Crippen LogP contribution is -2.33. The second-order valence-corrected chi connectivity index (χ2v) is 8.39. The number of aromatic nitrogens is 3. The Balaban J connectivity index is 1.77. The number of rotatable bonds is 4. The van der Waals surface area contributed by atoms with Gasteiger partial charge in [0, 0.05) is 30.5 Å². The maximum atomic E-state index is 13.1. The Labute approximate surface area is 183 Å². The predicted octanol–water partition coefficient (Wildman–Crippen LogP) is 4.30. The van der Waals surface area contributed by atoms with Crippen LogP contribution < -0.4 is 16.2 Å². The highest BCUT2D eigenvalue weighted by atomic mass is 19.4. The van der Waals surface area contributed by atoms with Gasteiger partial charge in [0.15, 0.2) is 5.82 Å². The van der Waals surface area contributed by atoms with Crippen molar-refractivity contribution in [3.8, 4) is 0 Å². The molecule has 1 saturated heterocycles. The van der Waals surface area contributed by atoms with Gasteiger partial charge in [-0.25, -0.2) is 0 Å². The van der Waals surface area contributed by atoms with Crippen molar-refractivity contribution >= 4 is 16.7 Å². The highest BCUT2D eigenvalue weighted by Crippen LogP contribution is 2.33. The summed E-state index contributed by atoms with van der Waals surface area (Å²) in [6, 6.07) is 6.65. The van der Waals surface area contributed by atoms with E-state index in [2.05, 4.69) is 20.8 Å². The summed E-state index contributed by atoms with van der Waals surface area (Å²) in [5, 5.41) is 15.8. The summed E-state index contributed by atoms with van der Waals surface area (Å²) in [5.74, 6) is 0.546. The fourth-order valence-corrected chi connectivity index (χ4v) is 4.39. The SMILES string of the molecule is Cc1nnc(NC(C)c2cccc(C(F)(F)F)c2)c2cc(C3CCCNC3)c(=O)n(C)c12. The van der Waals surface area contributed by atoms with E-state index in [9.17, 15) is 18.0 Å². The third-order valence-corrected chi connectivity index (χ3v) is 6.14. The zero-order valence-electron chi connectivity index (χ0n) is 18.3. The number of nitrogens with one attached hydrogen (secondary N) is 2. The molecule has 0 bridgehead atoms. The number of hydrogen-bond acceptors (Lipinski definition) is 5. The van der Waals surface area contributed by atoms with Crippen LogP contribution in [-0.2, 0) is 13.2 Å². The number of hydrogen-bond donors (Lipinski definition) is 2. The van der Waals surface area contributed by atoms with Crippen LogP contribution in [0, 0.1) is 6.92 Å². The molecule has 9 heteroatoms. The smallest absolute Gasteiger partial charge is 0.361 e. The summed E-state index contributed by atoms with van der Waals surface area (Å²) in [6.07, 6.45) is -2.49. The van der Waals surface area contributed by atoms with E-state index < -0.39 is 17.8 Å². The van der Waals surface area contributed by atoms with Crippen molar-refractivity contribution in [1.29, 1.82) is 0 Å². The van der Waals surface area contributed by atoms with Gasteiger partial charge in [0.05, 0.1) is 22.8 Å². The van der Waals surface area contributed by atoms with Gasteiger partial charge in [-0.15, -0.1) is 5.10 Å². The highest BCUT2D eigenvalue weighted by molar-refractivity contribution is 5.91. The van der Waals surface area contributed by atoms with Crippen molar-refractivity contribution in [2.45, 2.75) is 44.8 Å². The van der Waals surface area contributed by atoms with Gasteiger partial charge in [0.25, 0.3) is 5.56 Å². The number of alkyl halides is 3. The number of anilines is 1. The average molecular weight is 445 g/mol. The van der Waals surface area contributed by atoms with Crippen molar-refractivity contribution in [2.75, 3.05) is 18.4 Å². The van der Waals surface area contributed by atoms with Crippen molar-refractivity contribution in [2.24, 2.45) is 7.05 Å².